The van der Waals surface area contributed by atoms with Crippen LogP contribution in [0.2, 0.25) is 0 Å². The Bertz CT molecular complexity index is 782. The molecule has 160 valence electrons. The molecule has 0 aromatic heterocycles. The van der Waals surface area contributed by atoms with Crippen LogP contribution in [0.1, 0.15) is 39.7 Å². The number of hydrogen-bond acceptors (Lipinski definition) is 9. The summed E-state index contributed by atoms with van der Waals surface area (Å²) in [7, 11) is 1.43. The molecule has 1 aliphatic rings. The van der Waals surface area contributed by atoms with Crippen molar-refractivity contribution in [1.29, 1.82) is 0 Å². The van der Waals surface area contributed by atoms with E-state index in [-0.39, 0.29) is 63.4 Å². The standard InChI is InChI=1S/C20H27NO7S.K/c1-6-20(4)16(13-7-9-14(10-8-13)29-28-25-5)17(26-12(2)3)18(27-20)21-15(11-22)19(23)24;/h7-10,12,15,22H,6,11H2,1-5H3,(H,23,24);/q;+1/p-1/t15-,20-;/m0./s1. The van der Waals surface area contributed by atoms with E-state index < -0.39 is 24.2 Å². The second-order valence-corrected chi connectivity index (χ2v) is 7.63. The fourth-order valence-corrected chi connectivity index (χ4v) is 3.23. The maximum atomic E-state index is 11.2. The zero-order chi connectivity index (χ0) is 21.6. The second kappa shape index (κ2) is 12.6. The molecule has 8 nitrogen and oxygen atoms in total. The van der Waals surface area contributed by atoms with Gasteiger partial charge in [-0.05, 0) is 44.9 Å². The molecule has 0 amide bonds. The van der Waals surface area contributed by atoms with Gasteiger partial charge in [0.05, 0.1) is 43.4 Å². The van der Waals surface area contributed by atoms with E-state index in [1.165, 1.54) is 7.11 Å². The average Bonchev–Trinajstić information content (AvgIpc) is 2.96. The van der Waals surface area contributed by atoms with Gasteiger partial charge in [-0.3, -0.25) is 0 Å². The van der Waals surface area contributed by atoms with Gasteiger partial charge in [-0.25, -0.2) is 9.88 Å². The predicted octanol–water partition coefficient (Wildman–Crippen LogP) is -0.880. The minimum absolute atomic E-state index is 0. The number of carboxylic acids is 1. The Morgan fingerprint density at radius 2 is 1.97 bits per heavy atom. The number of rotatable bonds is 10. The Kier molecular flexibility index (Phi) is 11.6. The summed E-state index contributed by atoms with van der Waals surface area (Å²) in [5.74, 6) is -1.08. The van der Waals surface area contributed by atoms with Gasteiger partial charge < -0.3 is 24.5 Å². The SMILES string of the molecule is CC[C@]1(C)OC(=N[C@@H](CO)C(=O)[O-])C(OC(C)C)=C1c1ccc(SOOC)cc1.[K+]. The number of carboxylic acid groups (broad SMARTS) is 1. The van der Waals surface area contributed by atoms with E-state index in [0.717, 1.165) is 28.1 Å². The summed E-state index contributed by atoms with van der Waals surface area (Å²) in [5.41, 5.74) is 0.810. The summed E-state index contributed by atoms with van der Waals surface area (Å²) >= 11 is 1.08. The summed E-state index contributed by atoms with van der Waals surface area (Å²) in [6.45, 7) is 6.85. The van der Waals surface area contributed by atoms with E-state index in [0.29, 0.717) is 12.2 Å². The van der Waals surface area contributed by atoms with Crippen LogP contribution < -0.4 is 56.5 Å². The zero-order valence-corrected chi connectivity index (χ0v) is 22.1. The summed E-state index contributed by atoms with van der Waals surface area (Å²) in [6.07, 6.45) is 0.388. The molecule has 1 heterocycles. The van der Waals surface area contributed by atoms with Crippen LogP contribution in [0.3, 0.4) is 0 Å². The Labute approximate surface area is 223 Å². The second-order valence-electron chi connectivity index (χ2n) is 6.85. The monoisotopic (exact) mass is 463 g/mol. The van der Waals surface area contributed by atoms with E-state index in [2.05, 4.69) is 9.88 Å². The molecule has 0 fully saturated rings. The molecule has 0 radical (unpaired) electrons. The number of aliphatic carboxylic acids is 1. The molecule has 0 unspecified atom stereocenters. The van der Waals surface area contributed by atoms with Crippen molar-refractivity contribution in [2.24, 2.45) is 4.99 Å². The quantitative estimate of drug-likeness (QED) is 0.206. The molecule has 0 saturated carbocycles. The molecule has 2 rings (SSSR count). The van der Waals surface area contributed by atoms with E-state index in [9.17, 15) is 15.0 Å². The molecule has 1 aromatic carbocycles. The van der Waals surface area contributed by atoms with Crippen LogP contribution in [0.15, 0.2) is 39.9 Å². The summed E-state index contributed by atoms with van der Waals surface area (Å²) in [5, 5.41) is 20.6. The molecule has 0 aliphatic carbocycles. The number of hydrogen-bond donors (Lipinski definition) is 1. The number of carbonyl (C=O) groups excluding carboxylic acids is 1. The van der Waals surface area contributed by atoms with Crippen LogP contribution in [0.4, 0.5) is 0 Å². The first-order chi connectivity index (χ1) is 13.8. The van der Waals surface area contributed by atoms with Crippen molar-refractivity contribution in [1.82, 2.24) is 0 Å². The maximum Gasteiger partial charge on any atom is 1.00 e. The van der Waals surface area contributed by atoms with E-state index in [1.807, 2.05) is 52.0 Å². The van der Waals surface area contributed by atoms with Gasteiger partial charge in [-0.1, -0.05) is 19.1 Å². The first kappa shape index (κ1) is 27.6. The number of aliphatic hydroxyl groups excluding tert-OH is 1. The Morgan fingerprint density at radius 3 is 2.43 bits per heavy atom. The van der Waals surface area contributed by atoms with Crippen LogP contribution >= 0.6 is 12.0 Å². The van der Waals surface area contributed by atoms with Crippen LogP contribution in [0.25, 0.3) is 5.57 Å². The summed E-state index contributed by atoms with van der Waals surface area (Å²) in [4.78, 5) is 20.7. The smallest absolute Gasteiger partial charge is 0.548 e. The third-order valence-corrected chi connectivity index (χ3v) is 5.03. The van der Waals surface area contributed by atoms with Crippen molar-refractivity contribution in [3.8, 4) is 0 Å². The Hall–Kier alpha value is -0.434. The molecule has 1 aromatic rings. The zero-order valence-electron chi connectivity index (χ0n) is 18.1. The van der Waals surface area contributed by atoms with Crippen molar-refractivity contribution >= 4 is 29.5 Å². The molecule has 0 spiro atoms. The first-order valence-electron chi connectivity index (χ1n) is 9.23. The van der Waals surface area contributed by atoms with Gasteiger partial charge >= 0.3 is 51.4 Å². The first-order valence-corrected chi connectivity index (χ1v) is 9.98. The van der Waals surface area contributed by atoms with E-state index in [4.69, 9.17) is 13.8 Å². The molecule has 1 aliphatic heterocycles. The minimum atomic E-state index is -1.49. The van der Waals surface area contributed by atoms with Crippen LogP contribution in [0.5, 0.6) is 0 Å². The minimum Gasteiger partial charge on any atom is -0.548 e. The van der Waals surface area contributed by atoms with Crippen LogP contribution in [0, 0.1) is 0 Å². The largest absolute Gasteiger partial charge is 1.00 e. The van der Waals surface area contributed by atoms with Crippen molar-refractivity contribution in [2.75, 3.05) is 13.7 Å². The number of nitrogens with zero attached hydrogens (tertiary/aromatic N) is 1. The molecule has 0 bridgehead atoms. The van der Waals surface area contributed by atoms with Gasteiger partial charge in [0.1, 0.15) is 11.6 Å². The molecular formula is C20H26KNO7S. The normalized spacial score (nSPS) is 20.8. The molecule has 30 heavy (non-hydrogen) atoms. The molecule has 0 saturated heterocycles. The molecule has 2 atom stereocenters. The van der Waals surface area contributed by atoms with E-state index >= 15 is 0 Å². The summed E-state index contributed by atoms with van der Waals surface area (Å²) in [6, 6.07) is 6.07. The van der Waals surface area contributed by atoms with Gasteiger partial charge in [0.25, 0.3) is 5.90 Å². The molecular weight excluding hydrogens is 437 g/mol. The predicted molar refractivity (Wildman–Crippen MR) is 107 cm³/mol. The van der Waals surface area contributed by atoms with Crippen molar-refractivity contribution < 1.29 is 85.1 Å². The number of aliphatic imine (C=N–C) groups is 1. The van der Waals surface area contributed by atoms with Gasteiger partial charge in [0, 0.05) is 4.90 Å². The number of carbonyl (C=O) groups is 1. The third kappa shape index (κ3) is 6.78. The molecule has 10 heteroatoms. The number of benzene rings is 1. The van der Waals surface area contributed by atoms with Gasteiger partial charge in [-0.2, -0.15) is 4.33 Å². The Morgan fingerprint density at radius 1 is 1.33 bits per heavy atom. The summed E-state index contributed by atoms with van der Waals surface area (Å²) < 4.78 is 16.9. The van der Waals surface area contributed by atoms with Crippen molar-refractivity contribution in [3.63, 3.8) is 0 Å². The topological polar surface area (TPSA) is 110 Å². The van der Waals surface area contributed by atoms with Gasteiger partial charge in [-0.15, -0.1) is 0 Å². The fourth-order valence-electron chi connectivity index (χ4n) is 2.83. The molecule has 1 N–H and O–H groups in total. The van der Waals surface area contributed by atoms with Gasteiger partial charge in [0.2, 0.25) is 0 Å². The van der Waals surface area contributed by atoms with Crippen LogP contribution in [-0.4, -0.2) is 48.4 Å². The van der Waals surface area contributed by atoms with Crippen LogP contribution in [-0.2, 0) is 23.5 Å². The van der Waals surface area contributed by atoms with E-state index in [1.54, 1.807) is 0 Å². The Balaban J connectivity index is 0.00000450. The maximum absolute atomic E-state index is 11.2. The third-order valence-electron chi connectivity index (χ3n) is 4.36. The van der Waals surface area contributed by atoms with Crippen molar-refractivity contribution in [3.05, 3.63) is 35.6 Å². The van der Waals surface area contributed by atoms with Gasteiger partial charge in [0.15, 0.2) is 5.76 Å². The van der Waals surface area contributed by atoms with Crippen molar-refractivity contribution in [2.45, 2.75) is 56.8 Å². The number of ether oxygens (including phenoxy) is 2. The average molecular weight is 464 g/mol. The fraction of sp³-hybridized carbons (Fsp3) is 0.500. The number of aliphatic hydroxyl groups is 1.